The Morgan fingerprint density at radius 3 is 2.48 bits per heavy atom. The van der Waals surface area contributed by atoms with Crippen molar-refractivity contribution in [1.82, 2.24) is 5.32 Å². The van der Waals surface area contributed by atoms with Crippen LogP contribution in [0.15, 0.2) is 66.9 Å². The molecule has 0 spiro atoms. The zero-order valence-corrected chi connectivity index (χ0v) is 15.3. The molecular formula is C17H16N4O5S. The lowest BCUT2D eigenvalue weighted by atomic mass is 10.2. The SMILES string of the molecule is CC1=C[C@H](C)C(=NS(=O)(=O)c2ccc(N=Cc3ccc([N+](=O)[O-])o3)cc2)N1. The first kappa shape index (κ1) is 18.5. The fraction of sp³-hybridized carbons (Fsp3) is 0.176. The van der Waals surface area contributed by atoms with E-state index in [1.54, 1.807) is 0 Å². The van der Waals surface area contributed by atoms with E-state index in [-0.39, 0.29) is 22.5 Å². The van der Waals surface area contributed by atoms with Crippen molar-refractivity contribution in [3.8, 4) is 0 Å². The molecule has 0 fully saturated rings. The second kappa shape index (κ2) is 7.16. The minimum absolute atomic E-state index is 0.0427. The van der Waals surface area contributed by atoms with Crippen molar-refractivity contribution >= 4 is 33.6 Å². The first-order valence-electron chi connectivity index (χ1n) is 7.93. The number of furan rings is 1. The zero-order valence-electron chi connectivity index (χ0n) is 14.5. The third-order valence-corrected chi connectivity index (χ3v) is 5.05. The predicted octanol–water partition coefficient (Wildman–Crippen LogP) is 3.17. The van der Waals surface area contributed by atoms with Crippen molar-refractivity contribution in [3.05, 3.63) is 64.0 Å². The molecule has 1 aliphatic heterocycles. The fourth-order valence-electron chi connectivity index (χ4n) is 2.45. The minimum Gasteiger partial charge on any atom is -0.400 e. The Labute approximate surface area is 155 Å². The van der Waals surface area contributed by atoms with Gasteiger partial charge in [-0.15, -0.1) is 4.40 Å². The number of nitro groups is 1. The molecule has 1 aliphatic rings. The van der Waals surface area contributed by atoms with Gasteiger partial charge in [0.2, 0.25) is 0 Å². The van der Waals surface area contributed by atoms with E-state index in [0.717, 1.165) is 5.70 Å². The number of amidine groups is 1. The molecule has 1 aromatic carbocycles. The molecule has 3 rings (SSSR count). The molecule has 0 aliphatic carbocycles. The normalized spacial score (nSPS) is 18.7. The summed E-state index contributed by atoms with van der Waals surface area (Å²) in [4.78, 5) is 14.1. The van der Waals surface area contributed by atoms with E-state index in [2.05, 4.69) is 14.7 Å². The van der Waals surface area contributed by atoms with Crippen LogP contribution in [-0.2, 0) is 10.0 Å². The highest BCUT2D eigenvalue weighted by Gasteiger charge is 2.21. The van der Waals surface area contributed by atoms with Crippen molar-refractivity contribution in [2.24, 2.45) is 15.3 Å². The van der Waals surface area contributed by atoms with Gasteiger partial charge in [-0.25, -0.2) is 0 Å². The lowest BCUT2D eigenvalue weighted by molar-refractivity contribution is -0.402. The van der Waals surface area contributed by atoms with Crippen LogP contribution in [-0.4, -0.2) is 25.4 Å². The summed E-state index contributed by atoms with van der Waals surface area (Å²) in [5.74, 6) is 0.125. The number of aliphatic imine (C=N–C) groups is 1. The minimum atomic E-state index is -3.84. The van der Waals surface area contributed by atoms with Gasteiger partial charge in [0.25, 0.3) is 10.0 Å². The number of nitrogens with zero attached hydrogens (tertiary/aromatic N) is 3. The van der Waals surface area contributed by atoms with Gasteiger partial charge in [0.1, 0.15) is 10.8 Å². The highest BCUT2D eigenvalue weighted by molar-refractivity contribution is 7.90. The summed E-state index contributed by atoms with van der Waals surface area (Å²) < 4.78 is 33.7. The lowest BCUT2D eigenvalue weighted by Gasteiger charge is -2.05. The van der Waals surface area contributed by atoms with E-state index in [4.69, 9.17) is 4.42 Å². The predicted molar refractivity (Wildman–Crippen MR) is 99.7 cm³/mol. The molecular weight excluding hydrogens is 372 g/mol. The van der Waals surface area contributed by atoms with Gasteiger partial charge in [0.05, 0.1) is 22.9 Å². The maximum absolute atomic E-state index is 12.4. The third-order valence-electron chi connectivity index (χ3n) is 3.74. The van der Waals surface area contributed by atoms with E-state index >= 15 is 0 Å². The maximum atomic E-state index is 12.4. The van der Waals surface area contributed by atoms with Crippen LogP contribution in [0.4, 0.5) is 11.6 Å². The van der Waals surface area contributed by atoms with Crippen LogP contribution in [0.25, 0.3) is 0 Å². The first-order chi connectivity index (χ1) is 12.7. The molecule has 0 unspecified atom stereocenters. The molecule has 0 radical (unpaired) electrons. The van der Waals surface area contributed by atoms with E-state index < -0.39 is 14.9 Å². The van der Waals surface area contributed by atoms with Crippen LogP contribution in [0.1, 0.15) is 19.6 Å². The fourth-order valence-corrected chi connectivity index (χ4v) is 3.51. The molecule has 0 bridgehead atoms. The molecule has 140 valence electrons. The average molecular weight is 388 g/mol. The molecule has 2 aromatic rings. The Balaban J connectivity index is 1.75. The summed E-state index contributed by atoms with van der Waals surface area (Å²) >= 11 is 0. The third kappa shape index (κ3) is 4.29. The van der Waals surface area contributed by atoms with Gasteiger partial charge in [-0.3, -0.25) is 15.1 Å². The van der Waals surface area contributed by atoms with Crippen molar-refractivity contribution in [1.29, 1.82) is 0 Å². The van der Waals surface area contributed by atoms with Gasteiger partial charge >= 0.3 is 5.88 Å². The summed E-state index contributed by atoms with van der Waals surface area (Å²) in [6.45, 7) is 3.70. The summed E-state index contributed by atoms with van der Waals surface area (Å²) in [6, 6.07) is 8.46. The number of hydrogen-bond donors (Lipinski definition) is 1. The second-order valence-corrected chi connectivity index (χ2v) is 7.50. The van der Waals surface area contributed by atoms with Gasteiger partial charge in [0.15, 0.2) is 5.76 Å². The van der Waals surface area contributed by atoms with E-state index in [9.17, 15) is 18.5 Å². The van der Waals surface area contributed by atoms with E-state index in [1.165, 1.54) is 42.6 Å². The summed E-state index contributed by atoms with van der Waals surface area (Å²) in [5, 5.41) is 13.5. The maximum Gasteiger partial charge on any atom is 0.433 e. The number of hydrogen-bond acceptors (Lipinski definition) is 6. The molecule has 1 atom stereocenters. The van der Waals surface area contributed by atoms with Crippen LogP contribution in [0.3, 0.4) is 0 Å². The van der Waals surface area contributed by atoms with E-state index in [1.807, 2.05) is 19.9 Å². The molecule has 27 heavy (non-hydrogen) atoms. The Bertz CT molecular complexity index is 1060. The standard InChI is InChI=1S/C17H16N4O5S/c1-11-9-12(2)19-17(11)20-27(24,25)15-6-3-13(4-7-15)18-10-14-5-8-16(26-14)21(22)23/h3-11H,1-2H3,(H,19,20)/t11-/m0/s1. The van der Waals surface area contributed by atoms with Gasteiger partial charge in [-0.05, 0) is 37.3 Å². The number of nitrogens with one attached hydrogen (secondary N) is 1. The van der Waals surface area contributed by atoms with Crippen LogP contribution in [0.2, 0.25) is 0 Å². The number of allylic oxidation sites excluding steroid dienone is 1. The molecule has 0 saturated heterocycles. The molecule has 2 heterocycles. The summed E-state index contributed by atoms with van der Waals surface area (Å²) in [5.41, 5.74) is 1.32. The zero-order chi connectivity index (χ0) is 19.6. The van der Waals surface area contributed by atoms with Crippen LogP contribution < -0.4 is 5.32 Å². The molecule has 10 heteroatoms. The molecule has 1 aromatic heterocycles. The van der Waals surface area contributed by atoms with Crippen LogP contribution in [0.5, 0.6) is 0 Å². The number of benzene rings is 1. The molecule has 0 amide bonds. The van der Waals surface area contributed by atoms with Crippen LogP contribution in [0, 0.1) is 16.0 Å². The van der Waals surface area contributed by atoms with Gasteiger partial charge in [0, 0.05) is 11.6 Å². The Hall–Kier alpha value is -3.27. The quantitative estimate of drug-likeness (QED) is 0.476. The highest BCUT2D eigenvalue weighted by atomic mass is 32.2. The summed E-state index contributed by atoms with van der Waals surface area (Å²) in [7, 11) is -3.84. The largest absolute Gasteiger partial charge is 0.433 e. The molecule has 1 N–H and O–H groups in total. The van der Waals surface area contributed by atoms with Gasteiger partial charge in [-0.2, -0.15) is 8.42 Å². The van der Waals surface area contributed by atoms with Crippen molar-refractivity contribution in [2.45, 2.75) is 18.7 Å². The highest BCUT2D eigenvalue weighted by Crippen LogP contribution is 2.21. The Kier molecular flexibility index (Phi) is 4.91. The van der Waals surface area contributed by atoms with Crippen molar-refractivity contribution < 1.29 is 17.8 Å². The number of rotatable bonds is 5. The summed E-state index contributed by atoms with van der Waals surface area (Å²) in [6.07, 6.45) is 3.21. The Morgan fingerprint density at radius 1 is 1.22 bits per heavy atom. The van der Waals surface area contributed by atoms with Crippen molar-refractivity contribution in [2.75, 3.05) is 0 Å². The van der Waals surface area contributed by atoms with Gasteiger partial charge in [-0.1, -0.05) is 13.0 Å². The average Bonchev–Trinajstić information content (AvgIpc) is 3.20. The first-order valence-corrected chi connectivity index (χ1v) is 9.37. The van der Waals surface area contributed by atoms with Crippen molar-refractivity contribution in [3.63, 3.8) is 0 Å². The Morgan fingerprint density at radius 2 is 1.93 bits per heavy atom. The smallest absolute Gasteiger partial charge is 0.400 e. The topological polar surface area (TPSA) is 127 Å². The lowest BCUT2D eigenvalue weighted by Crippen LogP contribution is -2.21. The van der Waals surface area contributed by atoms with Gasteiger partial charge < -0.3 is 9.73 Å². The van der Waals surface area contributed by atoms with Crippen LogP contribution >= 0.6 is 0 Å². The number of sulfonamides is 1. The molecule has 9 nitrogen and oxygen atoms in total. The molecule has 0 saturated carbocycles. The van der Waals surface area contributed by atoms with E-state index in [0.29, 0.717) is 11.5 Å². The second-order valence-electron chi connectivity index (χ2n) is 5.90. The monoisotopic (exact) mass is 388 g/mol.